The molecule has 37 heavy (non-hydrogen) atoms. The van der Waals surface area contributed by atoms with Crippen molar-refractivity contribution in [3.05, 3.63) is 71.8 Å². The molecule has 0 spiro atoms. The molecule has 0 aliphatic heterocycles. The Morgan fingerprint density at radius 1 is 1.03 bits per heavy atom. The van der Waals surface area contributed by atoms with Crippen molar-refractivity contribution in [3.8, 4) is 28.7 Å². The SMILES string of the molecule is CC(=O)O.CS(=O)(=O)c1ccccc1-c1ccc(CCNS(=O)(=O)c2cc(C#N)ccc2O)c([O-])c1.[Na+]. The second-order valence-electron chi connectivity index (χ2n) is 7.55. The molecule has 0 aromatic heterocycles. The molecule has 0 unspecified atom stereocenters. The molecular weight excluding hydrogens is 531 g/mol. The van der Waals surface area contributed by atoms with Crippen LogP contribution in [0.1, 0.15) is 18.1 Å². The summed E-state index contributed by atoms with van der Waals surface area (Å²) in [4.78, 5) is 8.69. The topological polar surface area (TPSA) is 185 Å². The van der Waals surface area contributed by atoms with Crippen LogP contribution in [0.2, 0.25) is 0 Å². The third-order valence-corrected chi connectivity index (χ3v) is 7.37. The van der Waals surface area contributed by atoms with Crippen molar-refractivity contribution >= 4 is 25.8 Å². The molecule has 0 amide bonds. The van der Waals surface area contributed by atoms with Crippen LogP contribution in [-0.2, 0) is 31.1 Å². The van der Waals surface area contributed by atoms with Gasteiger partial charge in [0.15, 0.2) is 9.84 Å². The van der Waals surface area contributed by atoms with Gasteiger partial charge in [0.05, 0.1) is 16.5 Å². The van der Waals surface area contributed by atoms with E-state index in [1.165, 1.54) is 24.3 Å². The first-order valence-electron chi connectivity index (χ1n) is 10.3. The summed E-state index contributed by atoms with van der Waals surface area (Å²) in [5.41, 5.74) is 1.27. The molecule has 0 saturated heterocycles. The summed E-state index contributed by atoms with van der Waals surface area (Å²) in [7, 11) is -7.59. The molecule has 10 nitrogen and oxygen atoms in total. The molecule has 0 saturated carbocycles. The number of benzene rings is 3. The van der Waals surface area contributed by atoms with Gasteiger partial charge < -0.3 is 15.3 Å². The smallest absolute Gasteiger partial charge is 0.872 e. The number of carboxylic acids is 1. The van der Waals surface area contributed by atoms with Gasteiger partial charge in [0, 0.05) is 25.3 Å². The Labute approximate surface area is 237 Å². The molecule has 0 aliphatic carbocycles. The molecule has 13 heteroatoms. The fourth-order valence-electron chi connectivity index (χ4n) is 3.15. The van der Waals surface area contributed by atoms with Crippen LogP contribution in [0.3, 0.4) is 0 Å². The van der Waals surface area contributed by atoms with Crippen molar-refractivity contribution in [3.63, 3.8) is 0 Å². The number of aliphatic carboxylic acids is 1. The molecule has 0 aliphatic rings. The van der Waals surface area contributed by atoms with Gasteiger partial charge in [-0.3, -0.25) is 4.79 Å². The van der Waals surface area contributed by atoms with Crippen molar-refractivity contribution in [2.24, 2.45) is 0 Å². The molecule has 0 bridgehead atoms. The monoisotopic (exact) mass is 554 g/mol. The van der Waals surface area contributed by atoms with E-state index in [0.29, 0.717) is 16.7 Å². The number of phenols is 1. The van der Waals surface area contributed by atoms with E-state index >= 15 is 0 Å². The van der Waals surface area contributed by atoms with E-state index in [2.05, 4.69) is 4.72 Å². The molecule has 3 N–H and O–H groups in total. The van der Waals surface area contributed by atoms with E-state index in [1.807, 2.05) is 0 Å². The fraction of sp³-hybridized carbons (Fsp3) is 0.167. The minimum absolute atomic E-state index is 0. The number of nitrogens with one attached hydrogen (secondary N) is 1. The predicted molar refractivity (Wildman–Crippen MR) is 129 cm³/mol. The Balaban J connectivity index is 0.00000127. The van der Waals surface area contributed by atoms with Gasteiger partial charge >= 0.3 is 29.6 Å². The molecule has 3 aromatic carbocycles. The number of hydrogen-bond acceptors (Lipinski definition) is 8. The van der Waals surface area contributed by atoms with Gasteiger partial charge in [0.1, 0.15) is 10.6 Å². The number of sulfone groups is 1. The number of sulfonamides is 1. The normalized spacial score (nSPS) is 10.8. The largest absolute Gasteiger partial charge is 1.00 e. The summed E-state index contributed by atoms with van der Waals surface area (Å²) in [6.07, 6.45) is 1.17. The fourth-order valence-corrected chi connectivity index (χ4v) is 5.22. The average molecular weight is 555 g/mol. The van der Waals surface area contributed by atoms with Gasteiger partial charge in [0.2, 0.25) is 10.0 Å². The standard InChI is InChI=1S/C22H20N2O6S2.C2H4O2.Na/c1-31(27,28)21-5-3-2-4-18(21)17-8-7-16(20(26)13-17)10-11-24-32(29,30)22-12-15(14-23)6-9-19(22)25;1-2(3)4;/h2-9,12-13,24-26H,10-11H2,1H3;1H3,(H,3,4);/q;;+1/p-1. The van der Waals surface area contributed by atoms with Gasteiger partial charge in [-0.15, -0.1) is 5.75 Å². The number of phenolic OH excluding ortho intramolecular Hbond substituents is 1. The Kier molecular flexibility index (Phi) is 11.8. The molecule has 0 radical (unpaired) electrons. The summed E-state index contributed by atoms with van der Waals surface area (Å²) in [6.45, 7) is 0.965. The van der Waals surface area contributed by atoms with Gasteiger partial charge in [-0.05, 0) is 36.2 Å². The summed E-state index contributed by atoms with van der Waals surface area (Å²) >= 11 is 0. The molecule has 0 fully saturated rings. The van der Waals surface area contributed by atoms with Gasteiger partial charge in [0.25, 0.3) is 5.97 Å². The van der Waals surface area contributed by atoms with Gasteiger partial charge in [-0.2, -0.15) is 5.26 Å². The van der Waals surface area contributed by atoms with Crippen LogP contribution in [0.15, 0.2) is 70.5 Å². The maximum Gasteiger partial charge on any atom is 1.00 e. The van der Waals surface area contributed by atoms with Crippen LogP contribution in [0.5, 0.6) is 11.5 Å². The number of carboxylic acid groups (broad SMARTS) is 1. The van der Waals surface area contributed by atoms with Crippen LogP contribution in [0, 0.1) is 11.3 Å². The summed E-state index contributed by atoms with van der Waals surface area (Å²) < 4.78 is 51.2. The number of rotatable bonds is 7. The van der Waals surface area contributed by atoms with E-state index in [9.17, 15) is 27.0 Å². The first-order valence-corrected chi connectivity index (χ1v) is 13.7. The summed E-state index contributed by atoms with van der Waals surface area (Å²) in [6, 6.07) is 16.1. The third kappa shape index (κ3) is 9.15. The quantitative estimate of drug-likeness (QED) is 0.309. The third-order valence-electron chi connectivity index (χ3n) is 4.73. The zero-order valence-electron chi connectivity index (χ0n) is 20.3. The van der Waals surface area contributed by atoms with E-state index in [-0.39, 0.29) is 58.7 Å². The van der Waals surface area contributed by atoms with Crippen molar-refractivity contribution in [1.29, 1.82) is 5.26 Å². The van der Waals surface area contributed by atoms with E-state index in [1.54, 1.807) is 30.3 Å². The van der Waals surface area contributed by atoms with Gasteiger partial charge in [-0.1, -0.05) is 42.0 Å². The zero-order valence-corrected chi connectivity index (χ0v) is 23.9. The number of aromatic hydroxyl groups is 1. The number of nitrogens with zero attached hydrogens (tertiary/aromatic N) is 1. The Morgan fingerprint density at radius 3 is 2.22 bits per heavy atom. The van der Waals surface area contributed by atoms with Crippen LogP contribution in [-0.4, -0.2) is 45.8 Å². The van der Waals surface area contributed by atoms with Crippen molar-refractivity contribution in [2.75, 3.05) is 12.8 Å². The van der Waals surface area contributed by atoms with Crippen LogP contribution >= 0.6 is 0 Å². The van der Waals surface area contributed by atoms with E-state index in [0.717, 1.165) is 25.3 Å². The van der Waals surface area contributed by atoms with Crippen molar-refractivity contribution in [1.82, 2.24) is 4.72 Å². The zero-order chi connectivity index (χ0) is 27.1. The second-order valence-corrected chi connectivity index (χ2v) is 11.3. The molecule has 3 rings (SSSR count). The van der Waals surface area contributed by atoms with Crippen LogP contribution < -0.4 is 39.4 Å². The Morgan fingerprint density at radius 2 is 1.65 bits per heavy atom. The molecule has 190 valence electrons. The second kappa shape index (κ2) is 13.6. The minimum atomic E-state index is -4.10. The Bertz CT molecular complexity index is 1530. The van der Waals surface area contributed by atoms with Crippen molar-refractivity contribution in [2.45, 2.75) is 23.1 Å². The Hall–Kier alpha value is -2.92. The van der Waals surface area contributed by atoms with Crippen LogP contribution in [0.25, 0.3) is 11.1 Å². The van der Waals surface area contributed by atoms with E-state index < -0.39 is 36.5 Å². The number of carbonyl (C=O) groups is 1. The van der Waals surface area contributed by atoms with Crippen molar-refractivity contribution < 1.29 is 66.5 Å². The molecule has 3 aromatic rings. The number of nitriles is 1. The average Bonchev–Trinajstić information content (AvgIpc) is 2.79. The predicted octanol–water partition coefficient (Wildman–Crippen LogP) is -0.976. The molecular formula is C24H23N2NaO8S2. The van der Waals surface area contributed by atoms with Gasteiger partial charge in [-0.25, -0.2) is 21.6 Å². The van der Waals surface area contributed by atoms with Crippen LogP contribution in [0.4, 0.5) is 0 Å². The first kappa shape index (κ1) is 32.1. The summed E-state index contributed by atoms with van der Waals surface area (Å²) in [5.74, 6) is -1.69. The molecule has 0 heterocycles. The maximum absolute atomic E-state index is 12.5. The summed E-state index contributed by atoms with van der Waals surface area (Å²) in [5, 5.41) is 38.7. The first-order chi connectivity index (χ1) is 16.8. The maximum atomic E-state index is 12.5. The molecule has 0 atom stereocenters. The minimum Gasteiger partial charge on any atom is -0.872 e. The van der Waals surface area contributed by atoms with E-state index in [4.69, 9.17) is 15.2 Å². The number of hydrogen-bond donors (Lipinski definition) is 3.